The minimum atomic E-state index is 0.0558. The number of anilines is 1. The lowest BCUT2D eigenvalue weighted by Crippen LogP contribution is -2.41. The van der Waals surface area contributed by atoms with E-state index in [2.05, 4.69) is 10.4 Å². The molecular weight excluding hydrogens is 354 g/mol. The molecule has 0 bridgehead atoms. The molecule has 0 spiro atoms. The molecular formula is C19H18ClN3OS. The number of nitrogens with two attached hydrogens (primary N) is 1. The fourth-order valence-electron chi connectivity index (χ4n) is 3.20. The fourth-order valence-corrected chi connectivity index (χ4v) is 4.54. The molecule has 1 aliphatic rings. The van der Waals surface area contributed by atoms with Gasteiger partial charge < -0.3 is 10.7 Å². The van der Waals surface area contributed by atoms with E-state index in [0.717, 1.165) is 39.4 Å². The monoisotopic (exact) mass is 371 g/mol. The molecule has 128 valence electrons. The maximum atomic E-state index is 13.1. The Labute approximate surface area is 154 Å². The van der Waals surface area contributed by atoms with E-state index < -0.39 is 0 Å². The number of halogens is 1. The summed E-state index contributed by atoms with van der Waals surface area (Å²) in [6.45, 7) is 2.12. The van der Waals surface area contributed by atoms with E-state index in [9.17, 15) is 4.79 Å². The van der Waals surface area contributed by atoms with Gasteiger partial charge in [0.2, 0.25) is 0 Å². The Kier molecular flexibility index (Phi) is 4.48. The third-order valence-corrected chi connectivity index (χ3v) is 5.77. The van der Waals surface area contributed by atoms with Crippen LogP contribution in [-0.4, -0.2) is 13.1 Å². The van der Waals surface area contributed by atoms with E-state index in [1.807, 2.05) is 36.4 Å². The molecule has 0 atom stereocenters. The van der Waals surface area contributed by atoms with Crippen molar-refractivity contribution in [2.24, 2.45) is 5.73 Å². The molecule has 2 heterocycles. The highest BCUT2D eigenvalue weighted by Crippen LogP contribution is 2.39. The Morgan fingerprint density at radius 1 is 1.24 bits per heavy atom. The second-order valence-corrected chi connectivity index (χ2v) is 7.60. The minimum absolute atomic E-state index is 0.0558. The first kappa shape index (κ1) is 16.5. The smallest absolute Gasteiger partial charge is 0.196 e. The van der Waals surface area contributed by atoms with E-state index in [0.29, 0.717) is 23.5 Å². The topological polar surface area (TPSA) is 58.4 Å². The molecule has 0 radical (unpaired) electrons. The van der Waals surface area contributed by atoms with Crippen molar-refractivity contribution in [3.05, 3.63) is 62.6 Å². The first-order chi connectivity index (χ1) is 12.2. The third kappa shape index (κ3) is 2.93. The number of hydrazine groups is 1. The highest BCUT2D eigenvalue weighted by molar-refractivity contribution is 7.18. The lowest BCUT2D eigenvalue weighted by Gasteiger charge is -2.32. The van der Waals surface area contributed by atoms with Crippen LogP contribution in [0.3, 0.4) is 0 Å². The molecule has 2 aromatic carbocycles. The number of nitrogens with zero attached hydrogens (tertiary/aromatic N) is 1. The number of hydrogen-bond acceptors (Lipinski definition) is 5. The molecule has 0 amide bonds. The van der Waals surface area contributed by atoms with E-state index >= 15 is 0 Å². The molecule has 0 saturated heterocycles. The number of fused-ring (bicyclic) bond motifs is 4. The molecule has 4 nitrogen and oxygen atoms in total. The van der Waals surface area contributed by atoms with Crippen LogP contribution in [-0.2, 0) is 6.54 Å². The maximum absolute atomic E-state index is 13.1. The normalized spacial score (nSPS) is 13.0. The number of para-hydroxylation sites is 1. The van der Waals surface area contributed by atoms with Gasteiger partial charge in [-0.25, -0.2) is 5.43 Å². The van der Waals surface area contributed by atoms with E-state index in [1.165, 1.54) is 0 Å². The van der Waals surface area contributed by atoms with Gasteiger partial charge in [-0.15, -0.1) is 11.3 Å². The largest absolute Gasteiger partial charge is 0.330 e. The van der Waals surface area contributed by atoms with E-state index in [1.54, 1.807) is 17.4 Å². The first-order valence-corrected chi connectivity index (χ1v) is 9.44. The Bertz CT molecular complexity index is 1000. The Balaban J connectivity index is 1.89. The summed E-state index contributed by atoms with van der Waals surface area (Å²) in [7, 11) is 0. The van der Waals surface area contributed by atoms with Crippen LogP contribution in [0.15, 0.2) is 47.3 Å². The van der Waals surface area contributed by atoms with Crippen molar-refractivity contribution in [1.82, 2.24) is 5.43 Å². The number of benzene rings is 2. The summed E-state index contributed by atoms with van der Waals surface area (Å²) in [4.78, 5) is 14.2. The molecule has 0 saturated carbocycles. The van der Waals surface area contributed by atoms with Gasteiger partial charge in [-0.1, -0.05) is 29.8 Å². The van der Waals surface area contributed by atoms with Crippen LogP contribution < -0.4 is 21.6 Å². The van der Waals surface area contributed by atoms with Gasteiger partial charge in [-0.2, -0.15) is 0 Å². The average Bonchev–Trinajstić information content (AvgIpc) is 2.62. The van der Waals surface area contributed by atoms with Gasteiger partial charge in [0, 0.05) is 37.7 Å². The van der Waals surface area contributed by atoms with Gasteiger partial charge in [0.15, 0.2) is 5.43 Å². The van der Waals surface area contributed by atoms with Gasteiger partial charge in [-0.3, -0.25) is 4.79 Å². The predicted octanol–water partition coefficient (Wildman–Crippen LogP) is 3.76. The van der Waals surface area contributed by atoms with Crippen LogP contribution in [0.4, 0.5) is 5.69 Å². The summed E-state index contributed by atoms with van der Waals surface area (Å²) in [6, 6.07) is 13.5. The second kappa shape index (κ2) is 6.77. The predicted molar refractivity (Wildman–Crippen MR) is 106 cm³/mol. The van der Waals surface area contributed by atoms with E-state index in [4.69, 9.17) is 17.3 Å². The molecule has 0 aliphatic carbocycles. The van der Waals surface area contributed by atoms with Crippen LogP contribution in [0, 0.1) is 0 Å². The van der Waals surface area contributed by atoms with Crippen molar-refractivity contribution in [3.63, 3.8) is 0 Å². The second-order valence-electron chi connectivity index (χ2n) is 6.02. The van der Waals surface area contributed by atoms with Crippen LogP contribution in [0.5, 0.6) is 0 Å². The van der Waals surface area contributed by atoms with Crippen LogP contribution >= 0.6 is 22.9 Å². The van der Waals surface area contributed by atoms with Gasteiger partial charge in [0.05, 0.1) is 12.2 Å². The van der Waals surface area contributed by atoms with Crippen LogP contribution in [0.2, 0.25) is 5.02 Å². The summed E-state index contributed by atoms with van der Waals surface area (Å²) >= 11 is 7.76. The van der Waals surface area contributed by atoms with Crippen LogP contribution in [0.1, 0.15) is 11.3 Å². The summed E-state index contributed by atoms with van der Waals surface area (Å²) in [6.07, 6.45) is 0.901. The highest BCUT2D eigenvalue weighted by Gasteiger charge is 2.25. The number of rotatable bonds is 4. The highest BCUT2D eigenvalue weighted by atomic mass is 35.5. The van der Waals surface area contributed by atoms with Crippen molar-refractivity contribution in [1.29, 1.82) is 0 Å². The first-order valence-electron chi connectivity index (χ1n) is 8.25. The third-order valence-electron chi connectivity index (χ3n) is 4.37. The lowest BCUT2D eigenvalue weighted by atomic mass is 9.98. The maximum Gasteiger partial charge on any atom is 0.196 e. The zero-order valence-corrected chi connectivity index (χ0v) is 15.2. The quantitative estimate of drug-likeness (QED) is 0.686. The SMILES string of the molecule is NCCCNN1Cc2sc3ccc(Cl)cc3c(=O)c2-c2ccccc21. The number of nitrogens with one attached hydrogen (secondary N) is 1. The van der Waals surface area contributed by atoms with Gasteiger partial charge in [0.1, 0.15) is 0 Å². The molecule has 0 unspecified atom stereocenters. The molecule has 3 aromatic rings. The molecule has 4 rings (SSSR count). The Hall–Kier alpha value is -1.92. The zero-order valence-electron chi connectivity index (χ0n) is 13.6. The molecule has 3 N–H and O–H groups in total. The minimum Gasteiger partial charge on any atom is -0.330 e. The van der Waals surface area contributed by atoms with E-state index in [-0.39, 0.29) is 5.43 Å². The van der Waals surface area contributed by atoms with Gasteiger partial charge >= 0.3 is 0 Å². The van der Waals surface area contributed by atoms with Crippen molar-refractivity contribution >= 4 is 38.7 Å². The molecule has 6 heteroatoms. The fraction of sp³-hybridized carbons (Fsp3) is 0.211. The van der Waals surface area contributed by atoms with Gasteiger partial charge in [-0.05, 0) is 37.2 Å². The van der Waals surface area contributed by atoms with Gasteiger partial charge in [0.25, 0.3) is 0 Å². The standard InChI is InChI=1S/C19H18ClN3OS/c20-12-6-7-16-14(10-12)19(24)18-13-4-1-2-5-15(13)23(11-17(18)25-16)22-9-3-8-21/h1-2,4-7,10,22H,3,8-9,11,21H2. The summed E-state index contributed by atoms with van der Waals surface area (Å²) in [5.74, 6) is 0. The number of hydrogen-bond donors (Lipinski definition) is 2. The molecule has 1 aliphatic heterocycles. The Morgan fingerprint density at radius 3 is 2.92 bits per heavy atom. The summed E-state index contributed by atoms with van der Waals surface area (Å²) in [5, 5.41) is 3.40. The summed E-state index contributed by atoms with van der Waals surface area (Å²) < 4.78 is 0.967. The zero-order chi connectivity index (χ0) is 17.4. The Morgan fingerprint density at radius 2 is 2.08 bits per heavy atom. The average molecular weight is 372 g/mol. The molecule has 0 fully saturated rings. The lowest BCUT2D eigenvalue weighted by molar-refractivity contribution is 0.601. The molecule has 25 heavy (non-hydrogen) atoms. The molecule has 1 aromatic heterocycles. The van der Waals surface area contributed by atoms with Crippen molar-refractivity contribution in [2.75, 3.05) is 18.1 Å². The van der Waals surface area contributed by atoms with Crippen molar-refractivity contribution in [3.8, 4) is 11.1 Å². The van der Waals surface area contributed by atoms with Crippen LogP contribution in [0.25, 0.3) is 21.2 Å². The van der Waals surface area contributed by atoms with Crippen molar-refractivity contribution in [2.45, 2.75) is 13.0 Å². The van der Waals surface area contributed by atoms with Crippen molar-refractivity contribution < 1.29 is 0 Å². The summed E-state index contributed by atoms with van der Waals surface area (Å²) in [5.41, 5.74) is 11.9.